The number of amides is 2. The average Bonchev–Trinajstić information content (AvgIpc) is 2.85. The molecular weight excluding hydrogens is 424 g/mol. The van der Waals surface area contributed by atoms with Gasteiger partial charge in [-0.05, 0) is 62.7 Å². The summed E-state index contributed by atoms with van der Waals surface area (Å²) in [5, 5.41) is 0. The van der Waals surface area contributed by atoms with E-state index in [0.29, 0.717) is 11.8 Å². The molecule has 0 saturated carbocycles. The quantitative estimate of drug-likeness (QED) is 0.521. The van der Waals surface area contributed by atoms with Crippen molar-refractivity contribution in [1.29, 1.82) is 0 Å². The second kappa shape index (κ2) is 13.2. The zero-order chi connectivity index (χ0) is 24.5. The van der Waals surface area contributed by atoms with Gasteiger partial charge in [-0.3, -0.25) is 19.4 Å². The molecule has 190 valence electrons. The molecule has 0 spiro atoms. The van der Waals surface area contributed by atoms with Crippen LogP contribution in [0.3, 0.4) is 0 Å². The molecule has 2 fully saturated rings. The molecule has 0 radical (unpaired) electrons. The van der Waals surface area contributed by atoms with Crippen molar-refractivity contribution in [2.75, 3.05) is 53.4 Å². The molecule has 2 atom stereocenters. The number of nitrogens with zero attached hydrogens (tertiary/aromatic N) is 4. The Morgan fingerprint density at radius 3 is 1.50 bits per heavy atom. The molecule has 2 unspecified atom stereocenters. The van der Waals surface area contributed by atoms with Gasteiger partial charge in [-0.25, -0.2) is 0 Å². The number of benzene rings is 1. The summed E-state index contributed by atoms with van der Waals surface area (Å²) in [5.41, 5.74) is 2.62. The molecule has 0 aromatic heterocycles. The average molecular weight is 471 g/mol. The molecule has 2 heterocycles. The van der Waals surface area contributed by atoms with Gasteiger partial charge in [0.2, 0.25) is 11.8 Å². The van der Waals surface area contributed by atoms with Gasteiger partial charge in [-0.2, -0.15) is 0 Å². The summed E-state index contributed by atoms with van der Waals surface area (Å²) in [5.74, 6) is 0.883. The van der Waals surface area contributed by atoms with Crippen molar-refractivity contribution in [2.24, 2.45) is 11.8 Å². The van der Waals surface area contributed by atoms with E-state index in [1.54, 1.807) is 0 Å². The van der Waals surface area contributed by atoms with Gasteiger partial charge in [0.1, 0.15) is 0 Å². The van der Waals surface area contributed by atoms with E-state index in [4.69, 9.17) is 0 Å². The summed E-state index contributed by atoms with van der Waals surface area (Å²) in [6, 6.07) is 8.97. The van der Waals surface area contributed by atoms with Crippen LogP contribution in [-0.4, -0.2) is 84.8 Å². The molecule has 6 heteroatoms. The SMILES string of the molecule is CCCN(C)C(=O)C1CCCN(Cc2ccc(CN3CCCC(C(=O)N(C)CCC)C3)cc2)C1. The second-order valence-corrected chi connectivity index (χ2v) is 10.5. The Balaban J connectivity index is 1.49. The second-order valence-electron chi connectivity index (χ2n) is 10.5. The minimum atomic E-state index is 0.135. The highest BCUT2D eigenvalue weighted by atomic mass is 16.2. The van der Waals surface area contributed by atoms with Crippen molar-refractivity contribution >= 4 is 11.8 Å². The summed E-state index contributed by atoms with van der Waals surface area (Å²) in [6.07, 6.45) is 6.23. The zero-order valence-corrected chi connectivity index (χ0v) is 22.0. The van der Waals surface area contributed by atoms with Gasteiger partial charge in [-0.1, -0.05) is 38.1 Å². The maximum Gasteiger partial charge on any atom is 0.226 e. The number of carbonyl (C=O) groups is 2. The predicted molar refractivity (Wildman–Crippen MR) is 138 cm³/mol. The first kappa shape index (κ1) is 26.7. The van der Waals surface area contributed by atoms with E-state index in [-0.39, 0.29) is 11.8 Å². The van der Waals surface area contributed by atoms with Gasteiger partial charge >= 0.3 is 0 Å². The van der Waals surface area contributed by atoms with Gasteiger partial charge in [-0.15, -0.1) is 0 Å². The standard InChI is InChI=1S/C28H46N4O2/c1-5-15-29(3)27(33)25-9-7-17-31(21-25)19-23-11-13-24(14-12-23)20-32-18-8-10-26(22-32)28(34)30(4)16-6-2/h11-14,25-26H,5-10,15-22H2,1-4H3. The lowest BCUT2D eigenvalue weighted by Crippen LogP contribution is -2.43. The van der Waals surface area contributed by atoms with Crippen molar-refractivity contribution in [1.82, 2.24) is 19.6 Å². The molecule has 1 aromatic carbocycles. The number of hydrogen-bond donors (Lipinski definition) is 0. The summed E-state index contributed by atoms with van der Waals surface area (Å²) >= 11 is 0. The van der Waals surface area contributed by atoms with Crippen molar-refractivity contribution < 1.29 is 9.59 Å². The van der Waals surface area contributed by atoms with Gasteiger partial charge in [0.15, 0.2) is 0 Å². The Bertz CT molecular complexity index is 716. The first-order valence-electron chi connectivity index (χ1n) is 13.4. The summed E-state index contributed by atoms with van der Waals surface area (Å²) in [6.45, 7) is 11.6. The van der Waals surface area contributed by atoms with E-state index in [1.165, 1.54) is 11.1 Å². The molecule has 1 aromatic rings. The molecule has 0 bridgehead atoms. The Labute approximate surface area is 207 Å². The van der Waals surface area contributed by atoms with Crippen LogP contribution in [0.25, 0.3) is 0 Å². The topological polar surface area (TPSA) is 47.1 Å². The Hall–Kier alpha value is -1.92. The molecule has 2 aliphatic heterocycles. The van der Waals surface area contributed by atoms with Crippen molar-refractivity contribution in [3.05, 3.63) is 35.4 Å². The van der Waals surface area contributed by atoms with Crippen molar-refractivity contribution in [3.8, 4) is 0 Å². The van der Waals surface area contributed by atoms with Crippen molar-refractivity contribution in [3.63, 3.8) is 0 Å². The van der Waals surface area contributed by atoms with E-state index in [0.717, 1.165) is 90.9 Å². The Morgan fingerprint density at radius 2 is 1.15 bits per heavy atom. The maximum absolute atomic E-state index is 12.7. The van der Waals surface area contributed by atoms with Crippen molar-refractivity contribution in [2.45, 2.75) is 65.5 Å². The molecule has 2 aliphatic rings. The molecule has 6 nitrogen and oxygen atoms in total. The number of piperidine rings is 2. The van der Waals surface area contributed by atoms with E-state index in [1.807, 2.05) is 23.9 Å². The molecule has 0 N–H and O–H groups in total. The maximum atomic E-state index is 12.7. The third-order valence-electron chi connectivity index (χ3n) is 7.42. The van der Waals surface area contributed by atoms with Crippen LogP contribution in [-0.2, 0) is 22.7 Å². The third kappa shape index (κ3) is 7.54. The highest BCUT2D eigenvalue weighted by molar-refractivity contribution is 5.79. The van der Waals surface area contributed by atoms with Crippen LogP contribution in [0.1, 0.15) is 63.5 Å². The smallest absolute Gasteiger partial charge is 0.226 e. The fourth-order valence-corrected chi connectivity index (χ4v) is 5.58. The van der Waals surface area contributed by atoms with Crippen LogP contribution in [0.5, 0.6) is 0 Å². The van der Waals surface area contributed by atoms with Crippen LogP contribution in [0.4, 0.5) is 0 Å². The molecule has 2 saturated heterocycles. The highest BCUT2D eigenvalue weighted by Crippen LogP contribution is 2.23. The van der Waals surface area contributed by atoms with Crippen LogP contribution in [0.2, 0.25) is 0 Å². The number of rotatable bonds is 10. The summed E-state index contributed by atoms with van der Waals surface area (Å²) in [4.78, 5) is 34.1. The highest BCUT2D eigenvalue weighted by Gasteiger charge is 2.29. The van der Waals surface area contributed by atoms with Gasteiger partial charge in [0, 0.05) is 53.4 Å². The lowest BCUT2D eigenvalue weighted by atomic mass is 9.95. The van der Waals surface area contributed by atoms with Gasteiger partial charge in [0.25, 0.3) is 0 Å². The van der Waals surface area contributed by atoms with E-state index in [9.17, 15) is 9.59 Å². The van der Waals surface area contributed by atoms with E-state index >= 15 is 0 Å². The van der Waals surface area contributed by atoms with Crippen LogP contribution in [0, 0.1) is 11.8 Å². The minimum Gasteiger partial charge on any atom is -0.345 e. The number of hydrogen-bond acceptors (Lipinski definition) is 4. The lowest BCUT2D eigenvalue weighted by molar-refractivity contribution is -0.136. The van der Waals surface area contributed by atoms with E-state index in [2.05, 4.69) is 47.9 Å². The van der Waals surface area contributed by atoms with E-state index < -0.39 is 0 Å². The Morgan fingerprint density at radius 1 is 0.765 bits per heavy atom. The number of likely N-dealkylation sites (tertiary alicyclic amines) is 2. The molecule has 0 aliphatic carbocycles. The normalized spacial score (nSPS) is 21.9. The van der Waals surface area contributed by atoms with Crippen LogP contribution >= 0.6 is 0 Å². The lowest BCUT2D eigenvalue weighted by Gasteiger charge is -2.34. The third-order valence-corrected chi connectivity index (χ3v) is 7.42. The molecular formula is C28H46N4O2. The first-order valence-corrected chi connectivity index (χ1v) is 13.4. The fraction of sp³-hybridized carbons (Fsp3) is 0.714. The largest absolute Gasteiger partial charge is 0.345 e. The predicted octanol–water partition coefficient (Wildman–Crippen LogP) is 3.85. The zero-order valence-electron chi connectivity index (χ0n) is 22.0. The summed E-state index contributed by atoms with van der Waals surface area (Å²) in [7, 11) is 3.88. The monoisotopic (exact) mass is 470 g/mol. The molecule has 3 rings (SSSR count). The fourth-order valence-electron chi connectivity index (χ4n) is 5.58. The van der Waals surface area contributed by atoms with Gasteiger partial charge < -0.3 is 9.80 Å². The Kier molecular flexibility index (Phi) is 10.4. The van der Waals surface area contributed by atoms with Crippen LogP contribution < -0.4 is 0 Å². The first-order chi connectivity index (χ1) is 16.4. The van der Waals surface area contributed by atoms with Gasteiger partial charge in [0.05, 0.1) is 11.8 Å². The van der Waals surface area contributed by atoms with Crippen LogP contribution in [0.15, 0.2) is 24.3 Å². The molecule has 34 heavy (non-hydrogen) atoms. The number of carbonyl (C=O) groups excluding carboxylic acids is 2. The minimum absolute atomic E-state index is 0.135. The summed E-state index contributed by atoms with van der Waals surface area (Å²) < 4.78 is 0. The molecule has 2 amide bonds.